The highest BCUT2D eigenvalue weighted by atomic mass is 35.5. The summed E-state index contributed by atoms with van der Waals surface area (Å²) in [5, 5.41) is 11.6. The summed E-state index contributed by atoms with van der Waals surface area (Å²) in [7, 11) is 0. The minimum absolute atomic E-state index is 0. The van der Waals surface area contributed by atoms with Gasteiger partial charge in [-0.2, -0.15) is 12.6 Å². The summed E-state index contributed by atoms with van der Waals surface area (Å²) in [6.45, 7) is 0.554. The van der Waals surface area contributed by atoms with Gasteiger partial charge in [0.2, 0.25) is 0 Å². The first-order valence-corrected chi connectivity index (χ1v) is 4.98. The zero-order valence-corrected chi connectivity index (χ0v) is 9.80. The Morgan fingerprint density at radius 3 is 2.47 bits per heavy atom. The van der Waals surface area contributed by atoms with E-state index in [0.29, 0.717) is 12.3 Å². The monoisotopic (exact) mass is 247 g/mol. The zero-order valence-electron chi connectivity index (χ0n) is 8.09. The number of halogens is 1. The second-order valence-corrected chi connectivity index (χ2v) is 3.31. The van der Waals surface area contributed by atoms with Crippen molar-refractivity contribution in [3.05, 3.63) is 35.9 Å². The number of carboxylic acid groups (broad SMARTS) is 1. The van der Waals surface area contributed by atoms with Gasteiger partial charge in [0.05, 0.1) is 0 Å². The molecule has 0 radical (unpaired) electrons. The fourth-order valence-corrected chi connectivity index (χ4v) is 1.35. The van der Waals surface area contributed by atoms with Gasteiger partial charge in [-0.05, 0) is 5.56 Å². The molecular formula is C10H14ClNO2S. The molecule has 0 saturated heterocycles. The highest BCUT2D eigenvalue weighted by Gasteiger charge is 2.13. The normalized spacial score (nSPS) is 11.5. The van der Waals surface area contributed by atoms with Crippen LogP contribution in [0.25, 0.3) is 0 Å². The summed E-state index contributed by atoms with van der Waals surface area (Å²) in [5.74, 6) is -0.571. The van der Waals surface area contributed by atoms with Crippen molar-refractivity contribution in [2.75, 3.05) is 5.75 Å². The Bertz CT molecular complexity index is 295. The predicted molar refractivity (Wildman–Crippen MR) is 65.8 cm³/mol. The molecule has 0 amide bonds. The Balaban J connectivity index is 0.00000196. The van der Waals surface area contributed by atoms with E-state index in [1.165, 1.54) is 0 Å². The first-order chi connectivity index (χ1) is 6.74. The van der Waals surface area contributed by atoms with Crippen LogP contribution in [0.4, 0.5) is 0 Å². The van der Waals surface area contributed by atoms with Gasteiger partial charge in [-0.25, -0.2) is 0 Å². The first kappa shape index (κ1) is 14.3. The lowest BCUT2D eigenvalue weighted by atomic mass is 10.2. The molecule has 15 heavy (non-hydrogen) atoms. The third-order valence-electron chi connectivity index (χ3n) is 1.88. The van der Waals surface area contributed by atoms with E-state index in [2.05, 4.69) is 17.9 Å². The minimum Gasteiger partial charge on any atom is -0.480 e. The molecular weight excluding hydrogens is 234 g/mol. The largest absolute Gasteiger partial charge is 0.480 e. The molecule has 0 aromatic heterocycles. The quantitative estimate of drug-likeness (QED) is 0.693. The van der Waals surface area contributed by atoms with Crippen LogP contribution in [0, 0.1) is 0 Å². The molecule has 1 aromatic rings. The number of benzene rings is 1. The summed E-state index contributed by atoms with van der Waals surface area (Å²) >= 11 is 3.96. The number of carboxylic acids is 1. The molecule has 1 aromatic carbocycles. The highest BCUT2D eigenvalue weighted by Crippen LogP contribution is 1.99. The Hall–Kier alpha value is -0.710. The molecule has 0 unspecified atom stereocenters. The maximum atomic E-state index is 10.6. The lowest BCUT2D eigenvalue weighted by Crippen LogP contribution is -2.37. The molecule has 0 spiro atoms. The number of hydrogen-bond donors (Lipinski definition) is 3. The van der Waals surface area contributed by atoms with Crippen molar-refractivity contribution in [1.82, 2.24) is 5.32 Å². The third kappa shape index (κ3) is 5.06. The van der Waals surface area contributed by atoms with E-state index in [-0.39, 0.29) is 12.4 Å². The molecule has 0 fully saturated rings. The maximum absolute atomic E-state index is 10.6. The van der Waals surface area contributed by atoms with Crippen LogP contribution in [0.2, 0.25) is 0 Å². The van der Waals surface area contributed by atoms with E-state index >= 15 is 0 Å². The summed E-state index contributed by atoms with van der Waals surface area (Å²) in [6.07, 6.45) is 0. The highest BCUT2D eigenvalue weighted by molar-refractivity contribution is 7.80. The van der Waals surface area contributed by atoms with Gasteiger partial charge in [-0.1, -0.05) is 30.3 Å². The number of nitrogens with one attached hydrogen (secondary N) is 1. The Morgan fingerprint density at radius 2 is 2.00 bits per heavy atom. The molecule has 1 atom stereocenters. The smallest absolute Gasteiger partial charge is 0.321 e. The number of aliphatic carboxylic acids is 1. The van der Waals surface area contributed by atoms with Crippen molar-refractivity contribution in [3.63, 3.8) is 0 Å². The van der Waals surface area contributed by atoms with Gasteiger partial charge in [-0.3, -0.25) is 10.1 Å². The van der Waals surface area contributed by atoms with Crippen molar-refractivity contribution in [2.24, 2.45) is 0 Å². The Kier molecular flexibility index (Phi) is 7.21. The van der Waals surface area contributed by atoms with Gasteiger partial charge >= 0.3 is 5.97 Å². The van der Waals surface area contributed by atoms with Crippen LogP contribution in [0.3, 0.4) is 0 Å². The average molecular weight is 248 g/mol. The lowest BCUT2D eigenvalue weighted by molar-refractivity contribution is -0.138. The van der Waals surface area contributed by atoms with E-state index in [1.807, 2.05) is 30.3 Å². The van der Waals surface area contributed by atoms with Crippen molar-refractivity contribution < 1.29 is 9.90 Å². The second kappa shape index (κ2) is 7.56. The molecule has 0 aliphatic rings. The van der Waals surface area contributed by atoms with Crippen LogP contribution in [-0.4, -0.2) is 22.9 Å². The van der Waals surface area contributed by atoms with E-state index < -0.39 is 12.0 Å². The standard InChI is InChI=1S/C10H13NO2S.ClH/c12-10(13)9(7-14)11-6-8-4-2-1-3-5-8;/h1-5,9,11,14H,6-7H2,(H,12,13);1H/t9-;/m1./s1. The van der Waals surface area contributed by atoms with Crippen molar-refractivity contribution in [2.45, 2.75) is 12.6 Å². The molecule has 2 N–H and O–H groups in total. The van der Waals surface area contributed by atoms with Crippen LogP contribution in [-0.2, 0) is 11.3 Å². The van der Waals surface area contributed by atoms with Crippen LogP contribution in [0.5, 0.6) is 0 Å². The first-order valence-electron chi connectivity index (χ1n) is 4.35. The fourth-order valence-electron chi connectivity index (χ4n) is 1.07. The molecule has 5 heteroatoms. The van der Waals surface area contributed by atoms with E-state index in [4.69, 9.17) is 5.11 Å². The molecule has 1 rings (SSSR count). The van der Waals surface area contributed by atoms with Gasteiger partial charge in [0.25, 0.3) is 0 Å². The van der Waals surface area contributed by atoms with E-state index in [1.54, 1.807) is 0 Å². The molecule has 3 nitrogen and oxygen atoms in total. The number of thiol groups is 1. The number of carbonyl (C=O) groups is 1. The molecule has 0 bridgehead atoms. The van der Waals surface area contributed by atoms with Crippen LogP contribution < -0.4 is 5.32 Å². The van der Waals surface area contributed by atoms with Crippen molar-refractivity contribution in [1.29, 1.82) is 0 Å². The van der Waals surface area contributed by atoms with Crippen molar-refractivity contribution >= 4 is 31.0 Å². The van der Waals surface area contributed by atoms with Crippen LogP contribution in [0.15, 0.2) is 30.3 Å². The Morgan fingerprint density at radius 1 is 1.40 bits per heavy atom. The summed E-state index contributed by atoms with van der Waals surface area (Å²) in [6, 6.07) is 9.09. The van der Waals surface area contributed by atoms with Crippen LogP contribution >= 0.6 is 25.0 Å². The minimum atomic E-state index is -0.865. The van der Waals surface area contributed by atoms with Gasteiger partial charge in [0.1, 0.15) is 6.04 Å². The van der Waals surface area contributed by atoms with E-state index in [9.17, 15) is 4.79 Å². The zero-order chi connectivity index (χ0) is 10.4. The van der Waals surface area contributed by atoms with Gasteiger partial charge in [0, 0.05) is 12.3 Å². The molecule has 0 saturated carbocycles. The second-order valence-electron chi connectivity index (χ2n) is 2.94. The maximum Gasteiger partial charge on any atom is 0.321 e. The predicted octanol–water partition coefficient (Wildman–Crippen LogP) is 1.58. The van der Waals surface area contributed by atoms with Crippen LogP contribution in [0.1, 0.15) is 5.56 Å². The molecule has 84 valence electrons. The topological polar surface area (TPSA) is 49.3 Å². The summed E-state index contributed by atoms with van der Waals surface area (Å²) < 4.78 is 0. The SMILES string of the molecule is Cl.O=C(O)[C@@H](CS)NCc1ccccc1. The number of rotatable bonds is 5. The van der Waals surface area contributed by atoms with Gasteiger partial charge < -0.3 is 5.11 Å². The fraction of sp³-hybridized carbons (Fsp3) is 0.300. The van der Waals surface area contributed by atoms with Crippen molar-refractivity contribution in [3.8, 4) is 0 Å². The van der Waals surface area contributed by atoms with Gasteiger partial charge in [0.15, 0.2) is 0 Å². The number of hydrogen-bond acceptors (Lipinski definition) is 3. The Labute approximate surface area is 101 Å². The molecule has 0 aliphatic carbocycles. The average Bonchev–Trinajstić information content (AvgIpc) is 2.20. The van der Waals surface area contributed by atoms with Gasteiger partial charge in [-0.15, -0.1) is 12.4 Å². The summed E-state index contributed by atoms with van der Waals surface area (Å²) in [4.78, 5) is 10.6. The molecule has 0 heterocycles. The summed E-state index contributed by atoms with van der Waals surface area (Å²) in [5.41, 5.74) is 1.07. The molecule has 0 aliphatic heterocycles. The lowest BCUT2D eigenvalue weighted by Gasteiger charge is -2.11. The van der Waals surface area contributed by atoms with E-state index in [0.717, 1.165) is 5.56 Å². The third-order valence-corrected chi connectivity index (χ3v) is 2.24.